The molecule has 2 aromatic carbocycles. The molecule has 180 valence electrons. The summed E-state index contributed by atoms with van der Waals surface area (Å²) in [5, 5.41) is 10.3. The highest BCUT2D eigenvalue weighted by Crippen LogP contribution is 2.28. The van der Waals surface area contributed by atoms with E-state index < -0.39 is 0 Å². The fraction of sp³-hybridized carbons (Fsp3) is 0.429. The molecule has 2 heterocycles. The number of aryl methyl sites for hydroxylation is 1. The molecule has 0 bridgehead atoms. The van der Waals surface area contributed by atoms with E-state index >= 15 is 0 Å². The molecule has 34 heavy (non-hydrogen) atoms. The molecule has 1 aliphatic rings. The minimum Gasteiger partial charge on any atom is -0.392 e. The van der Waals surface area contributed by atoms with Crippen LogP contribution in [0.4, 0.5) is 10.2 Å². The van der Waals surface area contributed by atoms with Crippen LogP contribution in [0.25, 0.3) is 11.4 Å². The van der Waals surface area contributed by atoms with Gasteiger partial charge in [0.1, 0.15) is 11.6 Å². The quantitative estimate of drug-likeness (QED) is 0.492. The Bertz CT molecular complexity index is 1050. The minimum atomic E-state index is -0.258. The van der Waals surface area contributed by atoms with Crippen LogP contribution in [0, 0.1) is 12.7 Å². The SMILES string of the molecule is CCCCC(O)CN1CCN(c2nc(-c3ccccc3)nc(C)c2Cc2ccc(F)cc2)CC1. The van der Waals surface area contributed by atoms with Crippen molar-refractivity contribution in [2.45, 2.75) is 45.6 Å². The number of β-amino-alcohol motifs (C(OH)–C–C–N with tert-alkyl or cyclic N) is 1. The van der Waals surface area contributed by atoms with Crippen molar-refractivity contribution in [3.05, 3.63) is 77.2 Å². The van der Waals surface area contributed by atoms with Crippen molar-refractivity contribution in [2.75, 3.05) is 37.6 Å². The second-order valence-electron chi connectivity index (χ2n) is 9.19. The first-order valence-electron chi connectivity index (χ1n) is 12.4. The molecule has 4 rings (SSSR count). The summed E-state index contributed by atoms with van der Waals surface area (Å²) < 4.78 is 13.5. The van der Waals surface area contributed by atoms with Crippen LogP contribution in [-0.4, -0.2) is 58.8 Å². The molecule has 1 aromatic heterocycles. The molecule has 1 unspecified atom stereocenters. The lowest BCUT2D eigenvalue weighted by atomic mass is 10.0. The summed E-state index contributed by atoms with van der Waals surface area (Å²) >= 11 is 0. The summed E-state index contributed by atoms with van der Waals surface area (Å²) in [5.41, 5.74) is 4.07. The molecule has 3 aromatic rings. The molecule has 0 spiro atoms. The fourth-order valence-corrected chi connectivity index (χ4v) is 4.54. The van der Waals surface area contributed by atoms with Crippen molar-refractivity contribution >= 4 is 5.82 Å². The Morgan fingerprint density at radius 3 is 2.35 bits per heavy atom. The number of aromatic nitrogens is 2. The van der Waals surface area contributed by atoms with Crippen molar-refractivity contribution in [2.24, 2.45) is 0 Å². The number of rotatable bonds is 9. The molecular weight excluding hydrogens is 427 g/mol. The summed E-state index contributed by atoms with van der Waals surface area (Å²) in [6.45, 7) is 8.41. The van der Waals surface area contributed by atoms with Crippen LogP contribution < -0.4 is 4.90 Å². The number of aliphatic hydroxyl groups is 1. The van der Waals surface area contributed by atoms with Crippen molar-refractivity contribution in [3.63, 3.8) is 0 Å². The smallest absolute Gasteiger partial charge is 0.161 e. The van der Waals surface area contributed by atoms with E-state index in [1.165, 1.54) is 12.1 Å². The van der Waals surface area contributed by atoms with E-state index in [9.17, 15) is 9.50 Å². The lowest BCUT2D eigenvalue weighted by Crippen LogP contribution is -2.49. The van der Waals surface area contributed by atoms with Gasteiger partial charge >= 0.3 is 0 Å². The number of piperazine rings is 1. The maximum atomic E-state index is 13.5. The number of unbranched alkanes of at least 4 members (excludes halogenated alkanes) is 1. The van der Waals surface area contributed by atoms with Crippen LogP contribution in [-0.2, 0) is 6.42 Å². The van der Waals surface area contributed by atoms with Crippen LogP contribution in [0.5, 0.6) is 0 Å². The Balaban J connectivity index is 1.57. The topological polar surface area (TPSA) is 52.5 Å². The second-order valence-corrected chi connectivity index (χ2v) is 9.19. The lowest BCUT2D eigenvalue weighted by molar-refractivity contribution is 0.100. The van der Waals surface area contributed by atoms with Gasteiger partial charge in [-0.05, 0) is 31.0 Å². The first kappa shape index (κ1) is 24.3. The zero-order chi connectivity index (χ0) is 23.9. The average Bonchev–Trinajstić information content (AvgIpc) is 2.86. The molecule has 1 saturated heterocycles. The zero-order valence-corrected chi connectivity index (χ0v) is 20.3. The highest BCUT2D eigenvalue weighted by atomic mass is 19.1. The lowest BCUT2D eigenvalue weighted by Gasteiger charge is -2.37. The predicted octanol–water partition coefficient (Wildman–Crippen LogP) is 4.86. The molecule has 1 aliphatic heterocycles. The van der Waals surface area contributed by atoms with Crippen molar-refractivity contribution in [1.82, 2.24) is 14.9 Å². The van der Waals surface area contributed by atoms with Crippen molar-refractivity contribution in [1.29, 1.82) is 0 Å². The standard InChI is InChI=1S/C28H35FN4O/c1-3-4-10-25(34)20-32-15-17-33(18-16-32)28-26(19-22-11-13-24(29)14-12-22)21(2)30-27(31-28)23-8-6-5-7-9-23/h5-9,11-14,25,34H,3-4,10,15-20H2,1-2H3. The van der Waals surface area contributed by atoms with E-state index in [0.29, 0.717) is 6.42 Å². The summed E-state index contributed by atoms with van der Waals surface area (Å²) in [7, 11) is 0. The van der Waals surface area contributed by atoms with Crippen LogP contribution in [0.3, 0.4) is 0 Å². The molecule has 0 saturated carbocycles. The van der Waals surface area contributed by atoms with Gasteiger partial charge in [-0.2, -0.15) is 0 Å². The van der Waals surface area contributed by atoms with Gasteiger partial charge in [0, 0.05) is 56.0 Å². The van der Waals surface area contributed by atoms with Crippen LogP contribution in [0.15, 0.2) is 54.6 Å². The summed E-state index contributed by atoms with van der Waals surface area (Å²) in [4.78, 5) is 14.6. The van der Waals surface area contributed by atoms with Crippen LogP contribution in [0.2, 0.25) is 0 Å². The summed E-state index contributed by atoms with van der Waals surface area (Å²) in [6, 6.07) is 16.7. The Hall–Kier alpha value is -2.83. The highest BCUT2D eigenvalue weighted by molar-refractivity contribution is 5.61. The van der Waals surface area contributed by atoms with E-state index in [1.54, 1.807) is 0 Å². The third kappa shape index (κ3) is 6.19. The number of halogens is 1. The first-order valence-corrected chi connectivity index (χ1v) is 12.4. The van der Waals surface area contributed by atoms with Gasteiger partial charge in [-0.3, -0.25) is 4.90 Å². The largest absolute Gasteiger partial charge is 0.392 e. The third-order valence-electron chi connectivity index (χ3n) is 6.55. The Morgan fingerprint density at radius 1 is 0.971 bits per heavy atom. The maximum absolute atomic E-state index is 13.5. The number of hydrogen-bond donors (Lipinski definition) is 1. The predicted molar refractivity (Wildman–Crippen MR) is 136 cm³/mol. The van der Waals surface area contributed by atoms with E-state index in [-0.39, 0.29) is 11.9 Å². The number of anilines is 1. The molecule has 1 atom stereocenters. The van der Waals surface area contributed by atoms with E-state index in [0.717, 1.165) is 86.0 Å². The third-order valence-corrected chi connectivity index (χ3v) is 6.55. The summed E-state index contributed by atoms with van der Waals surface area (Å²) in [5.74, 6) is 1.46. The van der Waals surface area contributed by atoms with Crippen molar-refractivity contribution < 1.29 is 9.50 Å². The number of nitrogens with zero attached hydrogens (tertiary/aromatic N) is 4. The van der Waals surface area contributed by atoms with E-state index in [2.05, 4.69) is 16.7 Å². The van der Waals surface area contributed by atoms with Crippen molar-refractivity contribution in [3.8, 4) is 11.4 Å². The van der Waals surface area contributed by atoms with Gasteiger partial charge in [0.15, 0.2) is 5.82 Å². The molecule has 0 radical (unpaired) electrons. The molecule has 0 amide bonds. The number of benzene rings is 2. The number of aliphatic hydroxyl groups excluding tert-OH is 1. The van der Waals surface area contributed by atoms with Gasteiger partial charge in [0.2, 0.25) is 0 Å². The van der Waals surface area contributed by atoms with Crippen LogP contribution >= 0.6 is 0 Å². The Labute approximate surface area is 202 Å². The maximum Gasteiger partial charge on any atom is 0.161 e. The van der Waals surface area contributed by atoms with Gasteiger partial charge in [-0.25, -0.2) is 14.4 Å². The molecule has 1 N–H and O–H groups in total. The van der Waals surface area contributed by atoms with Gasteiger partial charge in [0.05, 0.1) is 6.10 Å². The molecule has 0 aliphatic carbocycles. The molecule has 5 nitrogen and oxygen atoms in total. The Kier molecular flexibility index (Phi) is 8.25. The Morgan fingerprint density at radius 2 is 1.68 bits per heavy atom. The minimum absolute atomic E-state index is 0.228. The van der Waals surface area contributed by atoms with Gasteiger partial charge in [-0.1, -0.05) is 62.2 Å². The monoisotopic (exact) mass is 462 g/mol. The second kappa shape index (κ2) is 11.5. The van der Waals surface area contributed by atoms with E-state index in [1.807, 2.05) is 49.4 Å². The average molecular weight is 463 g/mol. The highest BCUT2D eigenvalue weighted by Gasteiger charge is 2.24. The van der Waals surface area contributed by atoms with E-state index in [4.69, 9.17) is 9.97 Å². The first-order chi connectivity index (χ1) is 16.5. The normalized spacial score (nSPS) is 15.5. The number of hydrogen-bond acceptors (Lipinski definition) is 5. The van der Waals surface area contributed by atoms with Gasteiger partial charge in [-0.15, -0.1) is 0 Å². The molecule has 1 fully saturated rings. The molecular formula is C28H35FN4O. The van der Waals surface area contributed by atoms with Gasteiger partial charge in [0.25, 0.3) is 0 Å². The molecule has 6 heteroatoms. The fourth-order valence-electron chi connectivity index (χ4n) is 4.54. The van der Waals surface area contributed by atoms with Crippen LogP contribution in [0.1, 0.15) is 43.0 Å². The summed E-state index contributed by atoms with van der Waals surface area (Å²) in [6.07, 6.45) is 3.44. The van der Waals surface area contributed by atoms with Gasteiger partial charge < -0.3 is 10.0 Å². The zero-order valence-electron chi connectivity index (χ0n) is 20.3.